The van der Waals surface area contributed by atoms with Crippen LogP contribution in [-0.4, -0.2) is 9.97 Å². The zero-order chi connectivity index (χ0) is 17.4. The van der Waals surface area contributed by atoms with Crippen molar-refractivity contribution >= 4 is 11.3 Å². The Morgan fingerprint density at radius 2 is 2.20 bits per heavy atom. The second-order valence-corrected chi connectivity index (χ2v) is 7.38. The van der Waals surface area contributed by atoms with Gasteiger partial charge in [0.25, 0.3) is 0 Å². The summed E-state index contributed by atoms with van der Waals surface area (Å²) in [6, 6.07) is 6.61. The van der Waals surface area contributed by atoms with E-state index in [0.717, 1.165) is 47.0 Å². The topological polar surface area (TPSA) is 62.7 Å². The van der Waals surface area contributed by atoms with Gasteiger partial charge in [-0.1, -0.05) is 0 Å². The van der Waals surface area contributed by atoms with E-state index in [1.54, 1.807) is 17.4 Å². The Morgan fingerprint density at radius 3 is 2.96 bits per heavy atom. The lowest BCUT2D eigenvalue weighted by Crippen LogP contribution is -2.03. The minimum absolute atomic E-state index is 0.138. The molecule has 6 heteroatoms. The highest BCUT2D eigenvalue weighted by Crippen LogP contribution is 2.34. The number of thiazole rings is 1. The summed E-state index contributed by atoms with van der Waals surface area (Å²) in [5.41, 5.74) is 2.91. The van der Waals surface area contributed by atoms with E-state index in [0.29, 0.717) is 17.9 Å². The second-order valence-electron chi connectivity index (χ2n) is 6.32. The summed E-state index contributed by atoms with van der Waals surface area (Å²) in [6.07, 6.45) is 3.38. The van der Waals surface area contributed by atoms with Crippen LogP contribution in [0.4, 0.5) is 4.39 Å². The largest absolute Gasteiger partial charge is 0.440 e. The number of rotatable bonds is 2. The molecule has 4 nitrogen and oxygen atoms in total. The highest BCUT2D eigenvalue weighted by atomic mass is 32.1. The van der Waals surface area contributed by atoms with Crippen LogP contribution in [0.3, 0.4) is 0 Å². The molecule has 0 saturated heterocycles. The van der Waals surface area contributed by atoms with E-state index in [1.165, 1.54) is 12.1 Å². The molecule has 1 aliphatic carbocycles. The van der Waals surface area contributed by atoms with Gasteiger partial charge in [0, 0.05) is 18.2 Å². The summed E-state index contributed by atoms with van der Waals surface area (Å²) in [5.74, 6) is 1.24. The predicted molar refractivity (Wildman–Crippen MR) is 92.8 cm³/mol. The lowest BCUT2D eigenvalue weighted by molar-refractivity contribution is 0.504. The van der Waals surface area contributed by atoms with Gasteiger partial charge in [0.05, 0.1) is 22.3 Å². The van der Waals surface area contributed by atoms with Gasteiger partial charge in [-0.3, -0.25) is 0 Å². The van der Waals surface area contributed by atoms with Crippen LogP contribution in [0.5, 0.6) is 0 Å². The summed E-state index contributed by atoms with van der Waals surface area (Å²) in [7, 11) is 0. The minimum Gasteiger partial charge on any atom is -0.440 e. The second kappa shape index (κ2) is 6.41. The first-order valence-electron chi connectivity index (χ1n) is 8.24. The lowest BCUT2D eigenvalue weighted by atomic mass is 9.90. The highest BCUT2D eigenvalue weighted by Gasteiger charge is 2.24. The maximum atomic E-state index is 13.8. The van der Waals surface area contributed by atoms with Crippen LogP contribution in [-0.2, 0) is 12.8 Å². The third-order valence-electron chi connectivity index (χ3n) is 4.53. The van der Waals surface area contributed by atoms with Gasteiger partial charge < -0.3 is 4.42 Å². The Balaban J connectivity index is 1.66. The van der Waals surface area contributed by atoms with Crippen molar-refractivity contribution in [1.29, 1.82) is 5.26 Å². The molecule has 0 bridgehead atoms. The Labute approximate surface area is 149 Å². The van der Waals surface area contributed by atoms with E-state index in [1.807, 2.05) is 18.4 Å². The zero-order valence-electron chi connectivity index (χ0n) is 13.8. The molecule has 1 aromatic carbocycles. The molecule has 2 heterocycles. The molecule has 1 atom stereocenters. The molecule has 2 aromatic heterocycles. The van der Waals surface area contributed by atoms with Gasteiger partial charge in [0.15, 0.2) is 0 Å². The standard InChI is InChI=1S/C19H16FN3OS/c1-11-22-17(10-25-11)19-23-16-8-13(3-2-4-18(16)24-19)14-5-12(9-21)6-15(20)7-14/h5-7,10,13H,2-4,8H2,1H3. The van der Waals surface area contributed by atoms with Crippen molar-refractivity contribution in [2.75, 3.05) is 0 Å². The molecule has 1 unspecified atom stereocenters. The summed E-state index contributed by atoms with van der Waals surface area (Å²) < 4.78 is 19.7. The minimum atomic E-state index is -0.364. The van der Waals surface area contributed by atoms with Crippen LogP contribution < -0.4 is 0 Å². The first kappa shape index (κ1) is 16.0. The Hall–Kier alpha value is -2.52. The van der Waals surface area contributed by atoms with Crippen LogP contribution in [0, 0.1) is 24.1 Å². The third-order valence-corrected chi connectivity index (χ3v) is 5.31. The number of nitriles is 1. The summed E-state index contributed by atoms with van der Waals surface area (Å²) >= 11 is 1.57. The van der Waals surface area contributed by atoms with Gasteiger partial charge in [-0.25, -0.2) is 14.4 Å². The summed E-state index contributed by atoms with van der Waals surface area (Å²) in [6.45, 7) is 1.95. The van der Waals surface area contributed by atoms with Crippen LogP contribution in [0.1, 0.15) is 46.3 Å². The fraction of sp³-hybridized carbons (Fsp3) is 0.316. The lowest BCUT2D eigenvalue weighted by Gasteiger charge is -2.14. The fourth-order valence-electron chi connectivity index (χ4n) is 3.35. The molecule has 0 N–H and O–H groups in total. The molecule has 0 spiro atoms. The predicted octanol–water partition coefficient (Wildman–Crippen LogP) is 4.78. The number of aryl methyl sites for hydroxylation is 2. The van der Waals surface area contributed by atoms with E-state index in [-0.39, 0.29) is 11.7 Å². The molecule has 3 aromatic rings. The van der Waals surface area contributed by atoms with Crippen molar-refractivity contribution in [2.24, 2.45) is 0 Å². The molecule has 0 radical (unpaired) electrons. The molecule has 4 rings (SSSR count). The zero-order valence-corrected chi connectivity index (χ0v) is 14.6. The van der Waals surface area contributed by atoms with Crippen LogP contribution in [0.25, 0.3) is 11.6 Å². The molecule has 0 aliphatic heterocycles. The first-order valence-corrected chi connectivity index (χ1v) is 9.12. The fourth-order valence-corrected chi connectivity index (χ4v) is 3.94. The number of nitrogens with zero attached hydrogens (tertiary/aromatic N) is 3. The van der Waals surface area contributed by atoms with Crippen molar-refractivity contribution < 1.29 is 8.81 Å². The van der Waals surface area contributed by atoms with Crippen LogP contribution in [0.2, 0.25) is 0 Å². The average molecular weight is 353 g/mol. The number of fused-ring (bicyclic) bond motifs is 1. The number of halogens is 1. The highest BCUT2D eigenvalue weighted by molar-refractivity contribution is 7.09. The van der Waals surface area contributed by atoms with Gasteiger partial charge in [0.1, 0.15) is 17.3 Å². The van der Waals surface area contributed by atoms with E-state index in [9.17, 15) is 4.39 Å². The van der Waals surface area contributed by atoms with Gasteiger partial charge in [0.2, 0.25) is 5.89 Å². The van der Waals surface area contributed by atoms with Gasteiger partial charge in [-0.05, 0) is 49.4 Å². The van der Waals surface area contributed by atoms with Crippen molar-refractivity contribution in [2.45, 2.75) is 38.5 Å². The van der Waals surface area contributed by atoms with Crippen molar-refractivity contribution in [3.63, 3.8) is 0 Å². The third kappa shape index (κ3) is 3.20. The molecule has 0 fully saturated rings. The molecular formula is C19H16FN3OS. The number of hydrogen-bond donors (Lipinski definition) is 0. The van der Waals surface area contributed by atoms with Crippen molar-refractivity contribution in [3.05, 3.63) is 57.0 Å². The summed E-state index contributed by atoms with van der Waals surface area (Å²) in [4.78, 5) is 9.09. The quantitative estimate of drug-likeness (QED) is 0.622. The molecular weight excluding hydrogens is 337 g/mol. The Bertz CT molecular complexity index is 969. The van der Waals surface area contributed by atoms with Gasteiger partial charge in [-0.15, -0.1) is 11.3 Å². The molecule has 126 valence electrons. The van der Waals surface area contributed by atoms with Gasteiger partial charge in [-0.2, -0.15) is 5.26 Å². The van der Waals surface area contributed by atoms with Crippen LogP contribution in [0.15, 0.2) is 28.0 Å². The normalized spacial score (nSPS) is 16.9. The number of hydrogen-bond acceptors (Lipinski definition) is 5. The molecule has 1 aliphatic rings. The maximum absolute atomic E-state index is 13.8. The number of benzene rings is 1. The maximum Gasteiger partial charge on any atom is 0.246 e. The molecule has 25 heavy (non-hydrogen) atoms. The van der Waals surface area contributed by atoms with Crippen molar-refractivity contribution in [3.8, 4) is 17.7 Å². The molecule has 0 saturated carbocycles. The smallest absolute Gasteiger partial charge is 0.246 e. The SMILES string of the molecule is Cc1nc(-c2nc3c(o2)CCCC(c2cc(F)cc(C#N)c2)C3)cs1. The molecule has 0 amide bonds. The first-order chi connectivity index (χ1) is 12.1. The van der Waals surface area contributed by atoms with Crippen LogP contribution >= 0.6 is 11.3 Å². The average Bonchev–Trinajstić information content (AvgIpc) is 3.15. The van der Waals surface area contributed by atoms with E-state index in [2.05, 4.69) is 9.97 Å². The van der Waals surface area contributed by atoms with E-state index >= 15 is 0 Å². The Kier molecular flexibility index (Phi) is 4.10. The van der Waals surface area contributed by atoms with Gasteiger partial charge >= 0.3 is 0 Å². The van der Waals surface area contributed by atoms with Crippen molar-refractivity contribution in [1.82, 2.24) is 9.97 Å². The van der Waals surface area contributed by atoms with E-state index < -0.39 is 0 Å². The summed E-state index contributed by atoms with van der Waals surface area (Å²) in [5, 5.41) is 12.0. The monoisotopic (exact) mass is 353 g/mol. The Morgan fingerprint density at radius 1 is 1.32 bits per heavy atom. The van der Waals surface area contributed by atoms with E-state index in [4.69, 9.17) is 9.68 Å². The number of oxazole rings is 1. The number of aromatic nitrogens is 2.